The van der Waals surface area contributed by atoms with E-state index in [0.717, 1.165) is 16.1 Å². The summed E-state index contributed by atoms with van der Waals surface area (Å²) >= 11 is 7.13. The molecule has 1 heterocycles. The zero-order chi connectivity index (χ0) is 19.4. The van der Waals surface area contributed by atoms with Crippen molar-refractivity contribution in [3.8, 4) is 0 Å². The smallest absolute Gasteiger partial charge is 0.321 e. The summed E-state index contributed by atoms with van der Waals surface area (Å²) in [5, 5.41) is 12.8. The molecule has 138 valence electrons. The second kappa shape index (κ2) is 8.37. The van der Waals surface area contributed by atoms with Crippen molar-refractivity contribution in [2.45, 2.75) is 23.8 Å². The lowest BCUT2D eigenvalue weighted by molar-refractivity contribution is -0.387. The second-order valence-corrected chi connectivity index (χ2v) is 7.25. The molecule has 0 saturated heterocycles. The topological polar surface area (TPSA) is 72.2 Å². The molecule has 2 aromatic carbocycles. The number of halogens is 1. The summed E-state index contributed by atoms with van der Waals surface area (Å²) in [6, 6.07) is 14.9. The number of nitro groups is 1. The van der Waals surface area contributed by atoms with E-state index >= 15 is 0 Å². The van der Waals surface area contributed by atoms with Crippen LogP contribution in [0.3, 0.4) is 0 Å². The van der Waals surface area contributed by atoms with Crippen LogP contribution in [0, 0.1) is 17.0 Å². The van der Waals surface area contributed by atoms with Gasteiger partial charge in [0.1, 0.15) is 6.33 Å². The van der Waals surface area contributed by atoms with Crippen LogP contribution in [0.1, 0.15) is 12.5 Å². The van der Waals surface area contributed by atoms with E-state index < -0.39 is 4.92 Å². The lowest BCUT2D eigenvalue weighted by atomic mass is 10.2. The zero-order valence-electron chi connectivity index (χ0n) is 14.8. The Bertz CT molecular complexity index is 966. The molecule has 0 N–H and O–H groups in total. The van der Waals surface area contributed by atoms with E-state index in [4.69, 9.17) is 11.6 Å². The molecule has 0 radical (unpaired) electrons. The first-order chi connectivity index (χ1) is 13.0. The maximum Gasteiger partial charge on any atom is 0.344 e. The maximum absolute atomic E-state index is 11.9. The molecule has 6 nitrogen and oxygen atoms in total. The molecule has 3 rings (SSSR count). The summed E-state index contributed by atoms with van der Waals surface area (Å²) in [6.07, 6.45) is 1.36. The van der Waals surface area contributed by atoms with Gasteiger partial charge in [-0.1, -0.05) is 35.5 Å². The van der Waals surface area contributed by atoms with Gasteiger partial charge in [-0.3, -0.25) is 10.1 Å². The van der Waals surface area contributed by atoms with Crippen molar-refractivity contribution in [1.82, 2.24) is 9.97 Å². The number of benzene rings is 2. The SMILES string of the molecule is CCN(c1cccc(C)c1)c1ncnc(Sc2ccc(Cl)cc2)c1[N+](=O)[O-]. The van der Waals surface area contributed by atoms with Crippen molar-refractivity contribution < 1.29 is 4.92 Å². The standard InChI is InChI=1S/C19H17ClN4O2S/c1-3-23(15-6-4-5-13(2)11-15)18-17(24(25)26)19(22-12-21-18)27-16-9-7-14(20)8-10-16/h4-12H,3H2,1-2H3. The Morgan fingerprint density at radius 2 is 1.93 bits per heavy atom. The Kier molecular flexibility index (Phi) is 5.93. The molecule has 3 aromatic rings. The summed E-state index contributed by atoms with van der Waals surface area (Å²) in [4.78, 5) is 22.5. The molecule has 0 aliphatic heterocycles. The zero-order valence-corrected chi connectivity index (χ0v) is 16.4. The van der Waals surface area contributed by atoms with Crippen LogP contribution in [0.4, 0.5) is 17.2 Å². The highest BCUT2D eigenvalue weighted by Crippen LogP contribution is 2.40. The van der Waals surface area contributed by atoms with Gasteiger partial charge >= 0.3 is 5.69 Å². The number of rotatable bonds is 6. The van der Waals surface area contributed by atoms with Gasteiger partial charge in [-0.05, 0) is 55.8 Å². The van der Waals surface area contributed by atoms with Crippen LogP contribution < -0.4 is 4.90 Å². The molecule has 0 bridgehead atoms. The predicted octanol–water partition coefficient (Wildman–Crippen LogP) is 5.66. The molecule has 0 amide bonds. The highest BCUT2D eigenvalue weighted by Gasteiger charge is 2.27. The highest BCUT2D eigenvalue weighted by atomic mass is 35.5. The van der Waals surface area contributed by atoms with Crippen molar-refractivity contribution in [3.05, 3.63) is 75.6 Å². The molecule has 1 aromatic heterocycles. The van der Waals surface area contributed by atoms with E-state index in [9.17, 15) is 10.1 Å². The molecule has 0 fully saturated rings. The average molecular weight is 401 g/mol. The minimum atomic E-state index is -0.425. The van der Waals surface area contributed by atoms with Crippen LogP contribution in [-0.2, 0) is 0 Å². The van der Waals surface area contributed by atoms with Crippen LogP contribution in [0.2, 0.25) is 5.02 Å². The van der Waals surface area contributed by atoms with Crippen LogP contribution in [0.15, 0.2) is 64.8 Å². The van der Waals surface area contributed by atoms with E-state index in [1.165, 1.54) is 18.1 Å². The van der Waals surface area contributed by atoms with Crippen LogP contribution in [0.25, 0.3) is 0 Å². The molecule has 0 unspecified atom stereocenters. The monoisotopic (exact) mass is 400 g/mol. The van der Waals surface area contributed by atoms with E-state index in [-0.39, 0.29) is 11.5 Å². The number of nitrogens with zero attached hydrogens (tertiary/aromatic N) is 4. The predicted molar refractivity (Wildman–Crippen MR) is 108 cm³/mol. The third-order valence-electron chi connectivity index (χ3n) is 3.87. The quantitative estimate of drug-likeness (QED) is 0.302. The summed E-state index contributed by atoms with van der Waals surface area (Å²) in [6.45, 7) is 4.44. The van der Waals surface area contributed by atoms with E-state index in [2.05, 4.69) is 9.97 Å². The minimum absolute atomic E-state index is 0.110. The first-order valence-corrected chi connectivity index (χ1v) is 9.46. The Morgan fingerprint density at radius 1 is 1.19 bits per heavy atom. The largest absolute Gasteiger partial charge is 0.344 e. The molecule has 0 atom stereocenters. The van der Waals surface area contributed by atoms with Crippen molar-refractivity contribution >= 4 is 40.6 Å². The van der Waals surface area contributed by atoms with Gasteiger partial charge in [0.2, 0.25) is 5.82 Å². The van der Waals surface area contributed by atoms with Gasteiger partial charge in [-0.15, -0.1) is 0 Å². The van der Waals surface area contributed by atoms with E-state index in [1.54, 1.807) is 24.3 Å². The van der Waals surface area contributed by atoms with Gasteiger partial charge in [-0.25, -0.2) is 9.97 Å². The summed E-state index contributed by atoms with van der Waals surface area (Å²) in [5.41, 5.74) is 1.81. The van der Waals surface area contributed by atoms with Gasteiger partial charge in [0.05, 0.1) is 4.92 Å². The molecular formula is C19H17ClN4O2S. The normalized spacial score (nSPS) is 10.6. The summed E-state index contributed by atoms with van der Waals surface area (Å²) < 4.78 is 0. The molecule has 27 heavy (non-hydrogen) atoms. The number of hydrogen-bond donors (Lipinski definition) is 0. The molecule has 8 heteroatoms. The fourth-order valence-corrected chi connectivity index (χ4v) is 3.63. The molecular weight excluding hydrogens is 384 g/mol. The number of hydrogen-bond acceptors (Lipinski definition) is 6. The summed E-state index contributed by atoms with van der Waals surface area (Å²) in [7, 11) is 0. The first kappa shape index (κ1) is 19.1. The Hall–Kier alpha value is -2.64. The lowest BCUT2D eigenvalue weighted by Crippen LogP contribution is -2.19. The fraction of sp³-hybridized carbons (Fsp3) is 0.158. The van der Waals surface area contributed by atoms with Crippen LogP contribution >= 0.6 is 23.4 Å². The van der Waals surface area contributed by atoms with Crippen LogP contribution in [0.5, 0.6) is 0 Å². The molecule has 0 aliphatic carbocycles. The average Bonchev–Trinajstić information content (AvgIpc) is 2.64. The Labute approximate surface area is 166 Å². The fourth-order valence-electron chi connectivity index (χ4n) is 2.65. The first-order valence-electron chi connectivity index (χ1n) is 8.26. The van der Waals surface area contributed by atoms with Gasteiger partial charge in [0, 0.05) is 22.2 Å². The Morgan fingerprint density at radius 3 is 2.56 bits per heavy atom. The van der Waals surface area contributed by atoms with E-state index in [1.807, 2.05) is 43.0 Å². The van der Waals surface area contributed by atoms with Crippen molar-refractivity contribution in [2.24, 2.45) is 0 Å². The van der Waals surface area contributed by atoms with Crippen LogP contribution in [-0.4, -0.2) is 21.4 Å². The lowest BCUT2D eigenvalue weighted by Gasteiger charge is -2.22. The van der Waals surface area contributed by atoms with Crippen molar-refractivity contribution in [3.63, 3.8) is 0 Å². The number of anilines is 2. The van der Waals surface area contributed by atoms with Gasteiger partial charge < -0.3 is 4.90 Å². The van der Waals surface area contributed by atoms with Gasteiger partial charge in [-0.2, -0.15) is 0 Å². The minimum Gasteiger partial charge on any atom is -0.321 e. The molecule has 0 aliphatic rings. The molecule has 0 saturated carbocycles. The molecule has 0 spiro atoms. The summed E-state index contributed by atoms with van der Waals surface area (Å²) in [5.74, 6) is 0.277. The second-order valence-electron chi connectivity index (χ2n) is 5.75. The number of aryl methyl sites for hydroxylation is 1. The van der Waals surface area contributed by atoms with Crippen molar-refractivity contribution in [2.75, 3.05) is 11.4 Å². The maximum atomic E-state index is 11.9. The number of aromatic nitrogens is 2. The highest BCUT2D eigenvalue weighted by molar-refractivity contribution is 7.99. The third kappa shape index (κ3) is 4.37. The third-order valence-corrected chi connectivity index (χ3v) is 5.12. The Balaban J connectivity index is 2.07. The van der Waals surface area contributed by atoms with Gasteiger partial charge in [0.25, 0.3) is 0 Å². The van der Waals surface area contributed by atoms with Gasteiger partial charge in [0.15, 0.2) is 5.03 Å². The van der Waals surface area contributed by atoms with Crippen molar-refractivity contribution in [1.29, 1.82) is 0 Å². The van der Waals surface area contributed by atoms with E-state index in [0.29, 0.717) is 16.6 Å².